The van der Waals surface area contributed by atoms with Gasteiger partial charge in [0.1, 0.15) is 0 Å². The van der Waals surface area contributed by atoms with E-state index in [-0.39, 0.29) is 18.7 Å². The van der Waals surface area contributed by atoms with Crippen LogP contribution in [0, 0.1) is 5.92 Å². The molecule has 0 spiro atoms. The Bertz CT molecular complexity index is 294. The molecule has 0 aromatic heterocycles. The molecule has 18 heavy (non-hydrogen) atoms. The van der Waals surface area contributed by atoms with Crippen LogP contribution in [0.1, 0.15) is 32.1 Å². The number of carbonyl (C=O) groups is 2. The molecule has 1 fully saturated rings. The van der Waals surface area contributed by atoms with E-state index in [4.69, 9.17) is 5.11 Å². The molecular formula is C13H24N2O3. The quantitative estimate of drug-likeness (QED) is 0.771. The van der Waals surface area contributed by atoms with Gasteiger partial charge in [0, 0.05) is 26.6 Å². The lowest BCUT2D eigenvalue weighted by atomic mass is 9.95. The summed E-state index contributed by atoms with van der Waals surface area (Å²) in [5, 5.41) is 8.53. The summed E-state index contributed by atoms with van der Waals surface area (Å²) in [6, 6.07) is 0. The maximum Gasteiger partial charge on any atom is 0.303 e. The maximum atomic E-state index is 11.6. The van der Waals surface area contributed by atoms with Crippen molar-refractivity contribution in [3.63, 3.8) is 0 Å². The smallest absolute Gasteiger partial charge is 0.303 e. The average molecular weight is 256 g/mol. The molecule has 1 amide bonds. The topological polar surface area (TPSA) is 60.9 Å². The highest BCUT2D eigenvalue weighted by atomic mass is 16.4. The Morgan fingerprint density at radius 1 is 1.39 bits per heavy atom. The molecule has 104 valence electrons. The summed E-state index contributed by atoms with van der Waals surface area (Å²) < 4.78 is 0. The second-order valence-electron chi connectivity index (χ2n) is 5.27. The van der Waals surface area contributed by atoms with Crippen molar-refractivity contribution in [1.82, 2.24) is 9.80 Å². The van der Waals surface area contributed by atoms with Crippen LogP contribution in [0.15, 0.2) is 0 Å². The average Bonchev–Trinajstić information content (AvgIpc) is 2.33. The van der Waals surface area contributed by atoms with Crippen LogP contribution >= 0.6 is 0 Å². The largest absolute Gasteiger partial charge is 0.481 e. The van der Waals surface area contributed by atoms with Gasteiger partial charge in [-0.3, -0.25) is 9.59 Å². The first-order chi connectivity index (χ1) is 8.49. The van der Waals surface area contributed by atoms with Gasteiger partial charge < -0.3 is 14.9 Å². The van der Waals surface area contributed by atoms with E-state index in [1.165, 1.54) is 19.4 Å². The van der Waals surface area contributed by atoms with Crippen LogP contribution < -0.4 is 0 Å². The van der Waals surface area contributed by atoms with Gasteiger partial charge in [-0.2, -0.15) is 0 Å². The van der Waals surface area contributed by atoms with E-state index in [0.717, 1.165) is 19.5 Å². The standard InChI is InChI=1S/C13H24N2O3/c1-14-8-3-4-11(10-14)7-9-15(2)12(16)5-6-13(17)18/h11H,3-10H2,1-2H3,(H,17,18). The molecule has 1 rings (SSSR count). The van der Waals surface area contributed by atoms with Crippen LogP contribution in [0.5, 0.6) is 0 Å². The minimum Gasteiger partial charge on any atom is -0.481 e. The molecule has 5 nitrogen and oxygen atoms in total. The molecule has 0 saturated carbocycles. The van der Waals surface area contributed by atoms with Crippen molar-refractivity contribution in [2.45, 2.75) is 32.1 Å². The Balaban J connectivity index is 2.21. The predicted octanol–water partition coefficient (Wildman–Crippen LogP) is 1.04. The van der Waals surface area contributed by atoms with Crippen molar-refractivity contribution in [1.29, 1.82) is 0 Å². The van der Waals surface area contributed by atoms with Crippen LogP contribution in [0.25, 0.3) is 0 Å². The Hall–Kier alpha value is -1.10. The Kier molecular flexibility index (Phi) is 6.12. The number of likely N-dealkylation sites (tertiary alicyclic amines) is 1. The number of piperidine rings is 1. The van der Waals surface area contributed by atoms with Crippen LogP contribution in [-0.4, -0.2) is 60.5 Å². The highest BCUT2D eigenvalue weighted by molar-refractivity contribution is 5.80. The minimum absolute atomic E-state index is 0.0680. The first-order valence-electron chi connectivity index (χ1n) is 6.63. The summed E-state index contributed by atoms with van der Waals surface area (Å²) in [4.78, 5) is 26.0. The van der Waals surface area contributed by atoms with Gasteiger partial charge in [0.05, 0.1) is 6.42 Å². The van der Waals surface area contributed by atoms with E-state index in [1.807, 2.05) is 0 Å². The number of amides is 1. The van der Waals surface area contributed by atoms with Crippen LogP contribution in [-0.2, 0) is 9.59 Å². The van der Waals surface area contributed by atoms with Gasteiger partial charge in [-0.25, -0.2) is 0 Å². The fraction of sp³-hybridized carbons (Fsp3) is 0.846. The van der Waals surface area contributed by atoms with Crippen LogP contribution in [0.4, 0.5) is 0 Å². The minimum atomic E-state index is -0.911. The number of carboxylic acid groups (broad SMARTS) is 1. The van der Waals surface area contributed by atoms with Gasteiger partial charge in [0.2, 0.25) is 5.91 Å². The molecule has 5 heteroatoms. The number of carbonyl (C=O) groups excluding carboxylic acids is 1. The van der Waals surface area contributed by atoms with E-state index < -0.39 is 5.97 Å². The Labute approximate surface area is 109 Å². The predicted molar refractivity (Wildman–Crippen MR) is 69.3 cm³/mol. The lowest BCUT2D eigenvalue weighted by Gasteiger charge is -2.30. The maximum absolute atomic E-state index is 11.6. The van der Waals surface area contributed by atoms with Crippen molar-refractivity contribution in [3.8, 4) is 0 Å². The monoisotopic (exact) mass is 256 g/mol. The second-order valence-corrected chi connectivity index (χ2v) is 5.27. The molecule has 0 radical (unpaired) electrons. The summed E-state index contributed by atoms with van der Waals surface area (Å²) in [6.07, 6.45) is 3.52. The lowest BCUT2D eigenvalue weighted by Crippen LogP contribution is -2.35. The molecule has 1 saturated heterocycles. The van der Waals surface area contributed by atoms with Crippen molar-refractivity contribution >= 4 is 11.9 Å². The molecule has 0 aromatic rings. The summed E-state index contributed by atoms with van der Waals surface area (Å²) in [7, 11) is 3.89. The molecule has 0 aliphatic carbocycles. The third kappa shape index (κ3) is 5.49. The Morgan fingerprint density at radius 3 is 2.72 bits per heavy atom. The van der Waals surface area contributed by atoms with E-state index in [9.17, 15) is 9.59 Å². The van der Waals surface area contributed by atoms with Gasteiger partial charge in [-0.1, -0.05) is 0 Å². The summed E-state index contributed by atoms with van der Waals surface area (Å²) in [5.74, 6) is -0.314. The number of aliphatic carboxylic acids is 1. The van der Waals surface area contributed by atoms with E-state index in [1.54, 1.807) is 11.9 Å². The number of rotatable bonds is 6. The van der Waals surface area contributed by atoms with E-state index >= 15 is 0 Å². The zero-order valence-electron chi connectivity index (χ0n) is 11.4. The zero-order chi connectivity index (χ0) is 13.5. The van der Waals surface area contributed by atoms with Crippen molar-refractivity contribution in [3.05, 3.63) is 0 Å². The molecule has 1 N–H and O–H groups in total. The highest BCUT2D eigenvalue weighted by Gasteiger charge is 2.18. The van der Waals surface area contributed by atoms with Gasteiger partial charge in [-0.05, 0) is 38.8 Å². The SMILES string of the molecule is CN1CCCC(CCN(C)C(=O)CCC(=O)O)C1. The highest BCUT2D eigenvalue weighted by Crippen LogP contribution is 2.18. The third-order valence-electron chi connectivity index (χ3n) is 3.57. The fourth-order valence-electron chi connectivity index (χ4n) is 2.41. The van der Waals surface area contributed by atoms with Gasteiger partial charge in [0.25, 0.3) is 0 Å². The number of nitrogens with zero attached hydrogens (tertiary/aromatic N) is 2. The Morgan fingerprint density at radius 2 is 2.11 bits per heavy atom. The van der Waals surface area contributed by atoms with Gasteiger partial charge >= 0.3 is 5.97 Å². The first-order valence-corrected chi connectivity index (χ1v) is 6.63. The molecule has 1 heterocycles. The number of carboxylic acids is 1. The second kappa shape index (κ2) is 7.36. The first kappa shape index (κ1) is 15.0. The summed E-state index contributed by atoms with van der Waals surface area (Å²) in [6.45, 7) is 3.01. The van der Waals surface area contributed by atoms with E-state index in [2.05, 4.69) is 11.9 Å². The lowest BCUT2D eigenvalue weighted by molar-refractivity contribution is -0.140. The summed E-state index contributed by atoms with van der Waals surface area (Å²) >= 11 is 0. The van der Waals surface area contributed by atoms with Crippen molar-refractivity contribution in [2.75, 3.05) is 33.7 Å². The van der Waals surface area contributed by atoms with Crippen LogP contribution in [0.3, 0.4) is 0 Å². The molecule has 0 aromatic carbocycles. The molecular weight excluding hydrogens is 232 g/mol. The fourth-order valence-corrected chi connectivity index (χ4v) is 2.41. The summed E-state index contributed by atoms with van der Waals surface area (Å²) in [5.41, 5.74) is 0. The molecule has 1 aliphatic rings. The van der Waals surface area contributed by atoms with E-state index in [0.29, 0.717) is 5.92 Å². The molecule has 0 bridgehead atoms. The van der Waals surface area contributed by atoms with Crippen molar-refractivity contribution in [2.24, 2.45) is 5.92 Å². The zero-order valence-corrected chi connectivity index (χ0v) is 11.4. The molecule has 1 aliphatic heterocycles. The normalized spacial score (nSPS) is 20.7. The van der Waals surface area contributed by atoms with Crippen LogP contribution in [0.2, 0.25) is 0 Å². The van der Waals surface area contributed by atoms with Gasteiger partial charge in [0.15, 0.2) is 0 Å². The number of hydrogen-bond acceptors (Lipinski definition) is 3. The molecule has 1 unspecified atom stereocenters. The third-order valence-corrected chi connectivity index (χ3v) is 3.57. The van der Waals surface area contributed by atoms with Crippen molar-refractivity contribution < 1.29 is 14.7 Å². The van der Waals surface area contributed by atoms with Gasteiger partial charge in [-0.15, -0.1) is 0 Å². The number of hydrogen-bond donors (Lipinski definition) is 1. The molecule has 1 atom stereocenters.